The minimum atomic E-state index is -0.665. The largest absolute Gasteiger partial charge is 0.507 e. The molecule has 10 heteroatoms. The number of halogens is 1. The quantitative estimate of drug-likeness (QED) is 0.406. The summed E-state index contributed by atoms with van der Waals surface area (Å²) in [7, 11) is 0. The molecule has 36 heavy (non-hydrogen) atoms. The molecular formula is C26H23ClN2O7. The number of piperazine rings is 1. The van der Waals surface area contributed by atoms with Gasteiger partial charge in [0.05, 0.1) is 17.7 Å². The highest BCUT2D eigenvalue weighted by Gasteiger charge is 2.24. The smallest absolute Gasteiger partial charge is 0.409 e. The third kappa shape index (κ3) is 4.55. The van der Waals surface area contributed by atoms with E-state index in [1.165, 1.54) is 12.1 Å². The molecule has 0 atom stereocenters. The molecule has 1 amide bonds. The first-order valence-electron chi connectivity index (χ1n) is 11.5. The van der Waals surface area contributed by atoms with Gasteiger partial charge in [-0.25, -0.2) is 14.4 Å². The molecule has 1 N–H and O–H groups in total. The van der Waals surface area contributed by atoms with Crippen molar-refractivity contribution in [1.82, 2.24) is 9.80 Å². The predicted octanol–water partition coefficient (Wildman–Crippen LogP) is 4.20. The van der Waals surface area contributed by atoms with E-state index in [9.17, 15) is 19.5 Å². The van der Waals surface area contributed by atoms with Crippen molar-refractivity contribution in [3.8, 4) is 16.9 Å². The summed E-state index contributed by atoms with van der Waals surface area (Å²) < 4.78 is 16.1. The molecule has 3 heterocycles. The lowest BCUT2D eigenvalue weighted by molar-refractivity contribution is 0.0776. The molecule has 5 rings (SSSR count). The number of ether oxygens (including phenoxy) is 1. The van der Waals surface area contributed by atoms with Crippen molar-refractivity contribution in [1.29, 1.82) is 0 Å². The second kappa shape index (κ2) is 9.67. The monoisotopic (exact) mass is 510 g/mol. The average molecular weight is 511 g/mol. The van der Waals surface area contributed by atoms with Crippen LogP contribution in [0, 0.1) is 0 Å². The number of nitrogens with zero attached hydrogens (tertiary/aromatic N) is 2. The van der Waals surface area contributed by atoms with Gasteiger partial charge >= 0.3 is 17.3 Å². The van der Waals surface area contributed by atoms with Crippen molar-refractivity contribution in [2.24, 2.45) is 0 Å². The number of hydrogen-bond acceptors (Lipinski definition) is 8. The molecule has 1 saturated heterocycles. The van der Waals surface area contributed by atoms with Crippen molar-refractivity contribution in [2.45, 2.75) is 13.5 Å². The lowest BCUT2D eigenvalue weighted by Gasteiger charge is -2.34. The van der Waals surface area contributed by atoms with Crippen LogP contribution in [-0.2, 0) is 11.3 Å². The normalized spacial score (nSPS) is 14.4. The molecule has 9 nitrogen and oxygen atoms in total. The zero-order chi connectivity index (χ0) is 25.4. The highest BCUT2D eigenvalue weighted by Crippen LogP contribution is 2.34. The highest BCUT2D eigenvalue weighted by molar-refractivity contribution is 6.31. The Kier molecular flexibility index (Phi) is 6.42. The maximum atomic E-state index is 12.8. The van der Waals surface area contributed by atoms with E-state index in [4.69, 9.17) is 25.2 Å². The standard InChI is InChI=1S/C26H23ClN2O7/c1-2-34-26(33)29-9-7-28(8-10-29)14-20-21(30)5-4-17-18(13-23(31)36-24(17)20)19-12-15-11-16(27)3-6-22(15)35-25(19)32/h3-6,11-13,30H,2,7-10,14H2,1H3. The van der Waals surface area contributed by atoms with Crippen LogP contribution in [0.1, 0.15) is 12.5 Å². The van der Waals surface area contributed by atoms with E-state index in [0.717, 1.165) is 0 Å². The summed E-state index contributed by atoms with van der Waals surface area (Å²) in [5.74, 6) is -0.0343. The summed E-state index contributed by atoms with van der Waals surface area (Å²) in [5.41, 5.74) is 0.233. The van der Waals surface area contributed by atoms with Crippen molar-refractivity contribution in [2.75, 3.05) is 32.8 Å². The molecule has 0 saturated carbocycles. The van der Waals surface area contributed by atoms with Gasteiger partial charge in [0.2, 0.25) is 0 Å². The fourth-order valence-electron chi connectivity index (χ4n) is 4.46. The first-order valence-corrected chi connectivity index (χ1v) is 11.9. The van der Waals surface area contributed by atoms with Crippen molar-refractivity contribution in [3.63, 3.8) is 0 Å². The molecule has 1 fully saturated rings. The molecule has 186 valence electrons. The molecule has 2 aromatic carbocycles. The third-order valence-electron chi connectivity index (χ3n) is 6.26. The molecule has 0 spiro atoms. The molecule has 1 aliphatic rings. The van der Waals surface area contributed by atoms with Crippen LogP contribution in [0.15, 0.2) is 60.9 Å². The zero-order valence-electron chi connectivity index (χ0n) is 19.5. The van der Waals surface area contributed by atoms with E-state index in [2.05, 4.69) is 0 Å². The fourth-order valence-corrected chi connectivity index (χ4v) is 4.64. The van der Waals surface area contributed by atoms with Gasteiger partial charge in [-0.05, 0) is 43.3 Å². The lowest BCUT2D eigenvalue weighted by atomic mass is 9.99. The molecule has 0 aliphatic carbocycles. The van der Waals surface area contributed by atoms with Gasteiger partial charge < -0.3 is 23.6 Å². The number of carbonyl (C=O) groups excluding carboxylic acids is 1. The summed E-state index contributed by atoms with van der Waals surface area (Å²) in [6.07, 6.45) is -0.351. The number of phenols is 1. The summed E-state index contributed by atoms with van der Waals surface area (Å²) in [4.78, 5) is 41.1. The van der Waals surface area contributed by atoms with Crippen molar-refractivity contribution >= 4 is 39.6 Å². The zero-order valence-corrected chi connectivity index (χ0v) is 20.2. The van der Waals surface area contributed by atoms with Crippen LogP contribution < -0.4 is 11.3 Å². The maximum Gasteiger partial charge on any atom is 0.409 e. The molecule has 0 radical (unpaired) electrons. The summed E-state index contributed by atoms with van der Waals surface area (Å²) >= 11 is 6.10. The first kappa shape index (κ1) is 23.9. The van der Waals surface area contributed by atoms with Gasteiger partial charge in [0.1, 0.15) is 16.9 Å². The SMILES string of the molecule is CCOC(=O)N1CCN(Cc2c(O)ccc3c(-c4cc5cc(Cl)ccc5oc4=O)cc(=O)oc23)CC1. The Labute approximate surface area is 210 Å². The highest BCUT2D eigenvalue weighted by atomic mass is 35.5. The Balaban J connectivity index is 1.54. The second-order valence-electron chi connectivity index (χ2n) is 8.51. The Hall–Kier alpha value is -3.82. The Morgan fingerprint density at radius 3 is 2.56 bits per heavy atom. The van der Waals surface area contributed by atoms with Gasteiger partial charge in [-0.3, -0.25) is 4.90 Å². The van der Waals surface area contributed by atoms with E-state index in [1.54, 1.807) is 42.2 Å². The second-order valence-corrected chi connectivity index (χ2v) is 8.95. The molecule has 1 aliphatic heterocycles. The average Bonchev–Trinajstić information content (AvgIpc) is 2.86. The first-order chi connectivity index (χ1) is 17.3. The van der Waals surface area contributed by atoms with Crippen LogP contribution in [0.2, 0.25) is 5.02 Å². The summed E-state index contributed by atoms with van der Waals surface area (Å²) in [5, 5.41) is 12.2. The number of fused-ring (bicyclic) bond motifs is 2. The van der Waals surface area contributed by atoms with E-state index < -0.39 is 11.3 Å². The van der Waals surface area contributed by atoms with E-state index >= 15 is 0 Å². The molecule has 4 aromatic rings. The molecular weight excluding hydrogens is 488 g/mol. The van der Waals surface area contributed by atoms with Gasteiger partial charge in [-0.2, -0.15) is 0 Å². The van der Waals surface area contributed by atoms with Crippen molar-refractivity contribution in [3.05, 3.63) is 73.9 Å². The number of amides is 1. The minimum absolute atomic E-state index is 0.0343. The number of aromatic hydroxyl groups is 1. The van der Waals surface area contributed by atoms with Crippen LogP contribution in [0.5, 0.6) is 5.75 Å². The summed E-state index contributed by atoms with van der Waals surface area (Å²) in [6.45, 7) is 4.40. The van der Waals surface area contributed by atoms with Gasteiger partial charge in [0.15, 0.2) is 0 Å². The topological polar surface area (TPSA) is 113 Å². The van der Waals surface area contributed by atoms with Crippen LogP contribution in [0.3, 0.4) is 0 Å². The predicted molar refractivity (Wildman–Crippen MR) is 135 cm³/mol. The van der Waals surface area contributed by atoms with E-state index in [-0.39, 0.29) is 29.5 Å². The maximum absolute atomic E-state index is 12.8. The number of benzene rings is 2. The number of phenolic OH excluding ortho intramolecular Hbond substituents is 1. The third-order valence-corrected chi connectivity index (χ3v) is 6.49. The van der Waals surface area contributed by atoms with Crippen molar-refractivity contribution < 1.29 is 23.5 Å². The summed E-state index contributed by atoms with van der Waals surface area (Å²) in [6, 6.07) is 10.9. The number of hydrogen-bond donors (Lipinski definition) is 1. The minimum Gasteiger partial charge on any atom is -0.507 e. The van der Waals surface area contributed by atoms with Gasteiger partial charge in [0.25, 0.3) is 0 Å². The van der Waals surface area contributed by atoms with Gasteiger partial charge in [-0.15, -0.1) is 0 Å². The van der Waals surface area contributed by atoms with Crippen LogP contribution in [-0.4, -0.2) is 53.8 Å². The van der Waals surface area contributed by atoms with E-state index in [1.807, 2.05) is 4.90 Å². The number of rotatable bonds is 4. The van der Waals surface area contributed by atoms with Crippen LogP contribution in [0.4, 0.5) is 4.79 Å². The Morgan fingerprint density at radius 1 is 1.03 bits per heavy atom. The molecule has 2 aromatic heterocycles. The molecule has 0 unspecified atom stereocenters. The van der Waals surface area contributed by atoms with Crippen LogP contribution in [0.25, 0.3) is 33.1 Å². The number of carbonyl (C=O) groups is 1. The van der Waals surface area contributed by atoms with Gasteiger partial charge in [0, 0.05) is 60.1 Å². The Morgan fingerprint density at radius 2 is 1.81 bits per heavy atom. The van der Waals surface area contributed by atoms with Gasteiger partial charge in [-0.1, -0.05) is 11.6 Å². The fraction of sp³-hybridized carbons (Fsp3) is 0.269. The Bertz CT molecular complexity index is 1590. The van der Waals surface area contributed by atoms with Crippen LogP contribution >= 0.6 is 11.6 Å². The van der Waals surface area contributed by atoms with E-state index in [0.29, 0.717) is 65.3 Å². The lowest BCUT2D eigenvalue weighted by Crippen LogP contribution is -2.48. The molecule has 0 bridgehead atoms.